The number of aliphatic hydroxyl groups is 1. The SMILES string of the molecule is CCC(C)CCCCCCCCCCCCCCCCC(=O)O[C@H](COC(=O)CCCCCCCCC(C)C)COP(=O)(O)OC[C@H](O)COP(=O)(O)OC[C@@H](COC(=O)CCCCCCCCCCC(C)C)OC(=O)CCCCCCCCC(C)C. The van der Waals surface area contributed by atoms with E-state index in [9.17, 15) is 43.2 Å². The number of aliphatic hydroxyl groups excluding tert-OH is 1. The number of hydrogen-bond donors (Lipinski definition) is 3. The molecule has 87 heavy (non-hydrogen) atoms. The summed E-state index contributed by atoms with van der Waals surface area (Å²) < 4.78 is 68.1. The second-order valence-corrected chi connectivity index (χ2v) is 29.1. The molecule has 0 aliphatic rings. The van der Waals surface area contributed by atoms with Crippen molar-refractivity contribution in [2.45, 2.75) is 350 Å². The van der Waals surface area contributed by atoms with Gasteiger partial charge in [0.2, 0.25) is 0 Å². The van der Waals surface area contributed by atoms with E-state index in [-0.39, 0.29) is 25.7 Å². The molecule has 0 aliphatic carbocycles. The summed E-state index contributed by atoms with van der Waals surface area (Å²) in [6, 6.07) is 0. The van der Waals surface area contributed by atoms with Gasteiger partial charge in [-0.3, -0.25) is 37.3 Å². The van der Waals surface area contributed by atoms with Crippen molar-refractivity contribution in [1.82, 2.24) is 0 Å². The third-order valence-electron chi connectivity index (χ3n) is 15.9. The van der Waals surface area contributed by atoms with Crippen molar-refractivity contribution in [3.05, 3.63) is 0 Å². The molecular weight excluding hydrogens is 1150 g/mol. The fourth-order valence-corrected chi connectivity index (χ4v) is 11.7. The van der Waals surface area contributed by atoms with Crippen LogP contribution in [0.4, 0.5) is 0 Å². The molecule has 0 heterocycles. The van der Waals surface area contributed by atoms with E-state index >= 15 is 0 Å². The number of hydrogen-bond acceptors (Lipinski definition) is 15. The Balaban J connectivity index is 5.19. The van der Waals surface area contributed by atoms with Crippen LogP contribution < -0.4 is 0 Å². The van der Waals surface area contributed by atoms with Gasteiger partial charge in [-0.05, 0) is 49.4 Å². The third kappa shape index (κ3) is 61.3. The Morgan fingerprint density at radius 1 is 0.322 bits per heavy atom. The van der Waals surface area contributed by atoms with Crippen LogP contribution in [0.2, 0.25) is 0 Å². The van der Waals surface area contributed by atoms with Crippen LogP contribution in [-0.2, 0) is 65.4 Å². The van der Waals surface area contributed by atoms with Gasteiger partial charge < -0.3 is 33.8 Å². The Morgan fingerprint density at radius 2 is 0.552 bits per heavy atom. The number of esters is 4. The van der Waals surface area contributed by atoms with E-state index < -0.39 is 97.5 Å². The Kier molecular flexibility index (Phi) is 56.6. The molecule has 0 aromatic heterocycles. The monoisotopic (exact) mass is 1280 g/mol. The van der Waals surface area contributed by atoms with Crippen molar-refractivity contribution in [3.63, 3.8) is 0 Å². The molecule has 0 fully saturated rings. The lowest BCUT2D eigenvalue weighted by Gasteiger charge is -2.21. The van der Waals surface area contributed by atoms with Crippen LogP contribution in [0.5, 0.6) is 0 Å². The average molecular weight is 1280 g/mol. The molecule has 0 bridgehead atoms. The predicted octanol–water partition coefficient (Wildman–Crippen LogP) is 18.9. The lowest BCUT2D eigenvalue weighted by atomic mass is 9.99. The molecule has 6 atom stereocenters. The molecule has 3 unspecified atom stereocenters. The van der Waals surface area contributed by atoms with Crippen LogP contribution in [0, 0.1) is 23.7 Å². The highest BCUT2D eigenvalue weighted by molar-refractivity contribution is 7.47. The molecule has 516 valence electrons. The van der Waals surface area contributed by atoms with Gasteiger partial charge in [-0.15, -0.1) is 0 Å². The maximum absolute atomic E-state index is 13.0. The van der Waals surface area contributed by atoms with Crippen LogP contribution in [0.15, 0.2) is 0 Å². The zero-order valence-corrected chi connectivity index (χ0v) is 58.4. The second-order valence-electron chi connectivity index (χ2n) is 26.2. The molecule has 3 N–H and O–H groups in total. The molecule has 0 saturated carbocycles. The Bertz CT molecular complexity index is 1730. The van der Waals surface area contributed by atoms with Crippen molar-refractivity contribution in [1.29, 1.82) is 0 Å². The summed E-state index contributed by atoms with van der Waals surface area (Å²) in [5.74, 6) is 0.782. The number of rotatable bonds is 65. The van der Waals surface area contributed by atoms with E-state index in [0.717, 1.165) is 108 Å². The van der Waals surface area contributed by atoms with Gasteiger partial charge in [0.25, 0.3) is 0 Å². The Morgan fingerprint density at radius 3 is 0.816 bits per heavy atom. The van der Waals surface area contributed by atoms with Crippen LogP contribution in [-0.4, -0.2) is 96.7 Å². The first-order chi connectivity index (χ1) is 41.6. The second kappa shape index (κ2) is 57.9. The van der Waals surface area contributed by atoms with Gasteiger partial charge in [-0.25, -0.2) is 9.13 Å². The number of unbranched alkanes of at least 4 members (excludes halogenated alkanes) is 30. The quantitative estimate of drug-likeness (QED) is 0.0222. The number of carbonyl (C=O) groups excluding carboxylic acids is 4. The van der Waals surface area contributed by atoms with Gasteiger partial charge in [0.15, 0.2) is 12.2 Å². The number of ether oxygens (including phenoxy) is 4. The first-order valence-electron chi connectivity index (χ1n) is 35.2. The topological polar surface area (TPSA) is 237 Å². The smallest absolute Gasteiger partial charge is 0.462 e. The molecule has 0 spiro atoms. The van der Waals surface area contributed by atoms with Gasteiger partial charge in [0.05, 0.1) is 26.4 Å². The highest BCUT2D eigenvalue weighted by Crippen LogP contribution is 2.45. The van der Waals surface area contributed by atoms with Crippen molar-refractivity contribution < 1.29 is 80.2 Å². The summed E-state index contributed by atoms with van der Waals surface area (Å²) in [7, 11) is -9.89. The van der Waals surface area contributed by atoms with Gasteiger partial charge >= 0.3 is 39.5 Å². The first kappa shape index (κ1) is 85.1. The summed E-state index contributed by atoms with van der Waals surface area (Å²) in [5, 5.41) is 10.6. The normalized spacial score (nSPS) is 14.6. The average Bonchev–Trinajstić information content (AvgIpc) is 3.61. The Hall–Kier alpha value is -1.94. The van der Waals surface area contributed by atoms with Crippen LogP contribution in [0.25, 0.3) is 0 Å². The van der Waals surface area contributed by atoms with Crippen molar-refractivity contribution >= 4 is 39.5 Å². The molecule has 0 aromatic carbocycles. The summed E-state index contributed by atoms with van der Waals surface area (Å²) in [6.45, 7) is 14.0. The summed E-state index contributed by atoms with van der Waals surface area (Å²) in [5.41, 5.74) is 0. The number of phosphoric acid groups is 2. The highest BCUT2D eigenvalue weighted by Gasteiger charge is 2.30. The van der Waals surface area contributed by atoms with Gasteiger partial charge in [-0.2, -0.15) is 0 Å². The maximum atomic E-state index is 13.0. The largest absolute Gasteiger partial charge is 0.472 e. The van der Waals surface area contributed by atoms with Gasteiger partial charge in [0, 0.05) is 25.7 Å². The van der Waals surface area contributed by atoms with E-state index in [1.165, 1.54) is 128 Å². The predicted molar refractivity (Wildman–Crippen MR) is 349 cm³/mol. The molecular formula is C68H132O17P2. The van der Waals surface area contributed by atoms with Crippen molar-refractivity contribution in [2.75, 3.05) is 39.6 Å². The molecule has 0 radical (unpaired) electrons. The van der Waals surface area contributed by atoms with Gasteiger partial charge in [-0.1, -0.05) is 280 Å². The Labute approximate surface area is 530 Å². The molecule has 0 amide bonds. The van der Waals surface area contributed by atoms with Crippen molar-refractivity contribution in [2.24, 2.45) is 23.7 Å². The lowest BCUT2D eigenvalue weighted by Crippen LogP contribution is -2.30. The highest BCUT2D eigenvalue weighted by atomic mass is 31.2. The van der Waals surface area contributed by atoms with Crippen molar-refractivity contribution in [3.8, 4) is 0 Å². The van der Waals surface area contributed by atoms with Crippen LogP contribution in [0.3, 0.4) is 0 Å². The minimum atomic E-state index is -4.95. The first-order valence-corrected chi connectivity index (χ1v) is 38.2. The number of carbonyl (C=O) groups is 4. The minimum absolute atomic E-state index is 0.101. The standard InChI is InChI=1S/C68H132O17P2/c1-9-61(8)47-39-31-21-16-14-12-10-11-13-15-17-23-34-42-50-67(72)84-63(55-79-66(71)49-41-33-26-24-29-37-45-59(4)5)56-82-86(74,75)80-52-62(69)53-81-87(76,77)83-57-64(85-68(73)51-43-35-27-25-30-38-46-60(6)7)54-78-65(70)48-40-32-22-19-18-20-28-36-44-58(2)3/h58-64,69H,9-57H2,1-8H3,(H,74,75)(H,76,77)/t61?,62-,63+,64+/m0/s1. The van der Waals surface area contributed by atoms with Gasteiger partial charge in [0.1, 0.15) is 19.3 Å². The van der Waals surface area contributed by atoms with E-state index in [4.69, 9.17) is 37.0 Å². The number of phosphoric ester groups is 2. The molecule has 0 saturated heterocycles. The fourth-order valence-electron chi connectivity index (χ4n) is 10.1. The molecule has 0 aliphatic heterocycles. The van der Waals surface area contributed by atoms with Crippen LogP contribution >= 0.6 is 15.6 Å². The molecule has 17 nitrogen and oxygen atoms in total. The summed E-state index contributed by atoms with van der Waals surface area (Å²) in [4.78, 5) is 72.3. The van der Waals surface area contributed by atoms with E-state index in [1.54, 1.807) is 0 Å². The zero-order valence-electron chi connectivity index (χ0n) is 56.6. The molecule has 0 rings (SSSR count). The lowest BCUT2D eigenvalue weighted by molar-refractivity contribution is -0.161. The minimum Gasteiger partial charge on any atom is -0.462 e. The fraction of sp³-hybridized carbons (Fsp3) is 0.941. The summed E-state index contributed by atoms with van der Waals surface area (Å²) in [6.07, 6.45) is 39.3. The van der Waals surface area contributed by atoms with E-state index in [1.807, 2.05) is 0 Å². The third-order valence-corrected chi connectivity index (χ3v) is 17.8. The molecule has 0 aromatic rings. The molecule has 19 heteroatoms. The zero-order chi connectivity index (χ0) is 64.7. The van der Waals surface area contributed by atoms with E-state index in [0.29, 0.717) is 37.5 Å². The summed E-state index contributed by atoms with van der Waals surface area (Å²) >= 11 is 0. The van der Waals surface area contributed by atoms with Crippen LogP contribution in [0.1, 0.15) is 331 Å². The maximum Gasteiger partial charge on any atom is 0.472 e. The van der Waals surface area contributed by atoms with E-state index in [2.05, 4.69) is 55.4 Å².